The maximum Gasteiger partial charge on any atom is 0.253 e. The summed E-state index contributed by atoms with van der Waals surface area (Å²) >= 11 is 0. The molecule has 2 amide bonds. The first-order valence-corrected chi connectivity index (χ1v) is 8.30. The van der Waals surface area contributed by atoms with Gasteiger partial charge >= 0.3 is 0 Å². The van der Waals surface area contributed by atoms with Crippen molar-refractivity contribution < 1.29 is 14.0 Å². The molecule has 2 atom stereocenters. The predicted molar refractivity (Wildman–Crippen MR) is 93.6 cm³/mol. The highest BCUT2D eigenvalue weighted by atomic mass is 19.1. The number of carbonyl (C=O) groups excluding carboxylic acids is 2. The number of hydrogen-bond donors (Lipinski definition) is 1. The molecule has 0 saturated heterocycles. The summed E-state index contributed by atoms with van der Waals surface area (Å²) in [5.41, 5.74) is 2.16. The molecule has 2 aromatic carbocycles. The minimum absolute atomic E-state index is 0.0266. The Morgan fingerprint density at radius 3 is 2.44 bits per heavy atom. The Morgan fingerprint density at radius 1 is 1.12 bits per heavy atom. The lowest BCUT2D eigenvalue weighted by atomic mass is 10.1. The molecule has 130 valence electrons. The van der Waals surface area contributed by atoms with E-state index in [0.29, 0.717) is 24.1 Å². The quantitative estimate of drug-likeness (QED) is 0.910. The Hall–Kier alpha value is -2.69. The molecule has 0 bridgehead atoms. The van der Waals surface area contributed by atoms with Crippen molar-refractivity contribution in [1.82, 2.24) is 10.2 Å². The van der Waals surface area contributed by atoms with E-state index in [-0.39, 0.29) is 29.5 Å². The zero-order valence-electron chi connectivity index (χ0n) is 14.3. The third-order valence-corrected chi connectivity index (χ3v) is 4.51. The minimum atomic E-state index is -0.246. The van der Waals surface area contributed by atoms with Crippen LogP contribution in [-0.4, -0.2) is 30.8 Å². The molecule has 1 aliphatic rings. The van der Waals surface area contributed by atoms with E-state index in [2.05, 4.69) is 5.32 Å². The molecule has 1 saturated carbocycles. The molecular formula is C20H21FN2O2. The molecule has 1 N–H and O–H groups in total. The highest BCUT2D eigenvalue weighted by Gasteiger charge is 2.44. The molecular weight excluding hydrogens is 319 g/mol. The third-order valence-electron chi connectivity index (χ3n) is 4.51. The van der Waals surface area contributed by atoms with Gasteiger partial charge in [0.2, 0.25) is 5.91 Å². The van der Waals surface area contributed by atoms with Crippen LogP contribution in [0.4, 0.5) is 4.39 Å². The Bertz CT molecular complexity index is 787. The second kappa shape index (κ2) is 7.05. The van der Waals surface area contributed by atoms with E-state index >= 15 is 0 Å². The smallest absolute Gasteiger partial charge is 0.253 e. The first-order valence-electron chi connectivity index (χ1n) is 8.30. The number of halogens is 1. The van der Waals surface area contributed by atoms with Gasteiger partial charge in [-0.25, -0.2) is 4.39 Å². The first kappa shape index (κ1) is 17.1. The van der Waals surface area contributed by atoms with Gasteiger partial charge in [0.05, 0.1) is 0 Å². The highest BCUT2D eigenvalue weighted by molar-refractivity contribution is 5.93. The molecule has 1 aliphatic carbocycles. The molecule has 3 rings (SSSR count). The van der Waals surface area contributed by atoms with Crippen LogP contribution in [-0.2, 0) is 11.3 Å². The van der Waals surface area contributed by atoms with Crippen molar-refractivity contribution in [2.24, 2.45) is 5.92 Å². The van der Waals surface area contributed by atoms with E-state index < -0.39 is 0 Å². The first-order chi connectivity index (χ1) is 12.0. The van der Waals surface area contributed by atoms with Crippen LogP contribution in [0.3, 0.4) is 0 Å². The number of nitrogens with one attached hydrogen (secondary N) is 1. The fourth-order valence-corrected chi connectivity index (χ4v) is 2.95. The zero-order chi connectivity index (χ0) is 18.0. The van der Waals surface area contributed by atoms with Crippen LogP contribution >= 0.6 is 0 Å². The Kier molecular flexibility index (Phi) is 4.83. The molecule has 5 heteroatoms. The van der Waals surface area contributed by atoms with Gasteiger partial charge < -0.3 is 10.2 Å². The molecule has 0 aliphatic heterocycles. The third kappa shape index (κ3) is 3.87. The van der Waals surface area contributed by atoms with Gasteiger partial charge in [0.15, 0.2) is 0 Å². The van der Waals surface area contributed by atoms with E-state index in [0.717, 1.165) is 5.56 Å². The molecule has 2 aromatic rings. The van der Waals surface area contributed by atoms with Crippen molar-refractivity contribution in [3.8, 4) is 0 Å². The molecule has 1 fully saturated rings. The van der Waals surface area contributed by atoms with Gasteiger partial charge in [-0.05, 0) is 41.7 Å². The fraction of sp³-hybridized carbons (Fsp3) is 0.300. The van der Waals surface area contributed by atoms with Crippen LogP contribution < -0.4 is 5.32 Å². The monoisotopic (exact) mass is 340 g/mol. The van der Waals surface area contributed by atoms with Crippen molar-refractivity contribution in [3.05, 3.63) is 71.0 Å². The van der Waals surface area contributed by atoms with Crippen LogP contribution in [0.5, 0.6) is 0 Å². The molecule has 25 heavy (non-hydrogen) atoms. The van der Waals surface area contributed by atoms with Crippen LogP contribution in [0.1, 0.15) is 33.8 Å². The zero-order valence-corrected chi connectivity index (χ0v) is 14.3. The maximum absolute atomic E-state index is 13.8. The minimum Gasteiger partial charge on any atom is -0.352 e. The van der Waals surface area contributed by atoms with Gasteiger partial charge in [-0.3, -0.25) is 9.59 Å². The van der Waals surface area contributed by atoms with Crippen molar-refractivity contribution in [2.75, 3.05) is 14.1 Å². The summed E-state index contributed by atoms with van der Waals surface area (Å²) < 4.78 is 13.8. The van der Waals surface area contributed by atoms with Crippen LogP contribution in [0.15, 0.2) is 48.5 Å². The SMILES string of the molecule is CN(C)C(=O)c1ccc(CNC(=O)C2CC2c2ccccc2F)cc1. The van der Waals surface area contributed by atoms with E-state index in [1.165, 1.54) is 11.0 Å². The molecule has 4 nitrogen and oxygen atoms in total. The summed E-state index contributed by atoms with van der Waals surface area (Å²) in [6.45, 7) is 0.399. The standard InChI is InChI=1S/C20H21FN2O2/c1-23(2)20(25)14-9-7-13(8-10-14)12-22-19(24)17-11-16(17)15-5-3-4-6-18(15)21/h3-10,16-17H,11-12H2,1-2H3,(H,22,24). The molecule has 0 spiro atoms. The van der Waals surface area contributed by atoms with Crippen molar-refractivity contribution >= 4 is 11.8 Å². The fourth-order valence-electron chi connectivity index (χ4n) is 2.95. The number of nitrogens with zero attached hydrogens (tertiary/aromatic N) is 1. The summed E-state index contributed by atoms with van der Waals surface area (Å²) in [5.74, 6) is -0.542. The second-order valence-electron chi connectivity index (χ2n) is 6.58. The van der Waals surface area contributed by atoms with E-state index in [4.69, 9.17) is 0 Å². The van der Waals surface area contributed by atoms with E-state index in [1.807, 2.05) is 12.1 Å². The summed E-state index contributed by atoms with van der Waals surface area (Å²) in [6, 6.07) is 13.8. The van der Waals surface area contributed by atoms with Gasteiger partial charge in [0, 0.05) is 32.1 Å². The predicted octanol–water partition coefficient (Wildman–Crippen LogP) is 2.95. The molecule has 0 radical (unpaired) electrons. The normalized spacial score (nSPS) is 18.5. The summed E-state index contributed by atoms with van der Waals surface area (Å²) in [6.07, 6.45) is 0.684. The molecule has 0 heterocycles. The average molecular weight is 340 g/mol. The summed E-state index contributed by atoms with van der Waals surface area (Å²) in [5, 5.41) is 2.89. The van der Waals surface area contributed by atoms with Crippen molar-refractivity contribution in [1.29, 1.82) is 0 Å². The number of carbonyl (C=O) groups is 2. The van der Waals surface area contributed by atoms with Crippen LogP contribution in [0.25, 0.3) is 0 Å². The maximum atomic E-state index is 13.8. The lowest BCUT2D eigenvalue weighted by Crippen LogP contribution is -2.25. The second-order valence-corrected chi connectivity index (χ2v) is 6.58. The van der Waals surface area contributed by atoms with Gasteiger partial charge in [-0.2, -0.15) is 0 Å². The van der Waals surface area contributed by atoms with Crippen LogP contribution in [0.2, 0.25) is 0 Å². The van der Waals surface area contributed by atoms with Gasteiger partial charge in [0.25, 0.3) is 5.91 Å². The Labute approximate surface area is 146 Å². The van der Waals surface area contributed by atoms with Crippen LogP contribution in [0, 0.1) is 11.7 Å². The molecule has 2 unspecified atom stereocenters. The topological polar surface area (TPSA) is 49.4 Å². The highest BCUT2D eigenvalue weighted by Crippen LogP contribution is 2.48. The summed E-state index contributed by atoms with van der Waals surface area (Å²) in [4.78, 5) is 25.6. The number of rotatable bonds is 5. The number of hydrogen-bond acceptors (Lipinski definition) is 2. The number of amides is 2. The average Bonchev–Trinajstić information content (AvgIpc) is 3.40. The lowest BCUT2D eigenvalue weighted by molar-refractivity contribution is -0.122. The van der Waals surface area contributed by atoms with Gasteiger partial charge in [0.1, 0.15) is 5.82 Å². The Morgan fingerprint density at radius 2 is 1.80 bits per heavy atom. The van der Waals surface area contributed by atoms with Gasteiger partial charge in [-0.15, -0.1) is 0 Å². The van der Waals surface area contributed by atoms with Crippen molar-refractivity contribution in [2.45, 2.75) is 18.9 Å². The van der Waals surface area contributed by atoms with Crippen molar-refractivity contribution in [3.63, 3.8) is 0 Å². The summed E-state index contributed by atoms with van der Waals surface area (Å²) in [7, 11) is 3.41. The Balaban J connectivity index is 1.53. The largest absolute Gasteiger partial charge is 0.352 e. The lowest BCUT2D eigenvalue weighted by Gasteiger charge is -2.11. The number of benzene rings is 2. The van der Waals surface area contributed by atoms with Gasteiger partial charge in [-0.1, -0.05) is 30.3 Å². The van der Waals surface area contributed by atoms with E-state index in [9.17, 15) is 14.0 Å². The molecule has 0 aromatic heterocycles. The van der Waals surface area contributed by atoms with E-state index in [1.54, 1.807) is 44.4 Å².